The van der Waals surface area contributed by atoms with E-state index in [0.717, 1.165) is 11.3 Å². The summed E-state index contributed by atoms with van der Waals surface area (Å²) >= 11 is 0. The first-order valence-corrected chi connectivity index (χ1v) is 8.25. The number of nitrogens with one attached hydrogen (secondary N) is 1. The lowest BCUT2D eigenvalue weighted by Crippen LogP contribution is -2.26. The molecule has 1 heterocycles. The lowest BCUT2D eigenvalue weighted by Gasteiger charge is -2.16. The predicted molar refractivity (Wildman–Crippen MR) is 99.0 cm³/mol. The highest BCUT2D eigenvalue weighted by molar-refractivity contribution is 5.94. The van der Waals surface area contributed by atoms with Gasteiger partial charge >= 0.3 is 0 Å². The Labute approximate surface area is 152 Å². The van der Waals surface area contributed by atoms with E-state index < -0.39 is 0 Å². The van der Waals surface area contributed by atoms with E-state index in [1.807, 2.05) is 49.5 Å². The van der Waals surface area contributed by atoms with Crippen molar-refractivity contribution in [2.24, 2.45) is 0 Å². The van der Waals surface area contributed by atoms with Crippen molar-refractivity contribution in [3.63, 3.8) is 0 Å². The van der Waals surface area contributed by atoms with E-state index in [2.05, 4.69) is 10.4 Å². The van der Waals surface area contributed by atoms with Gasteiger partial charge in [0.25, 0.3) is 5.91 Å². The molecular weight excluding hydrogens is 330 g/mol. The van der Waals surface area contributed by atoms with E-state index in [1.165, 1.54) is 0 Å². The van der Waals surface area contributed by atoms with Gasteiger partial charge < -0.3 is 14.8 Å². The van der Waals surface area contributed by atoms with Gasteiger partial charge in [0.1, 0.15) is 0 Å². The predicted octanol–water partition coefficient (Wildman–Crippen LogP) is 3.38. The van der Waals surface area contributed by atoms with Crippen molar-refractivity contribution in [3.8, 4) is 17.2 Å². The molecular formula is C20H21N3O3. The Balaban J connectivity index is 1.71. The fraction of sp³-hybridized carbons (Fsp3) is 0.200. The molecule has 0 aliphatic rings. The minimum Gasteiger partial charge on any atom is -0.493 e. The molecule has 0 bridgehead atoms. The number of hydrogen-bond donors (Lipinski definition) is 1. The summed E-state index contributed by atoms with van der Waals surface area (Å²) in [6.45, 7) is 1.93. The highest BCUT2D eigenvalue weighted by Crippen LogP contribution is 2.30. The number of amides is 1. The van der Waals surface area contributed by atoms with Crippen LogP contribution in [0.3, 0.4) is 0 Å². The molecule has 2 aromatic carbocycles. The number of methoxy groups -OCH3 is 2. The summed E-state index contributed by atoms with van der Waals surface area (Å²) in [7, 11) is 3.18. The van der Waals surface area contributed by atoms with Gasteiger partial charge in [0.15, 0.2) is 11.5 Å². The molecule has 0 spiro atoms. The second kappa shape index (κ2) is 7.74. The summed E-state index contributed by atoms with van der Waals surface area (Å²) in [5, 5.41) is 7.17. The minimum atomic E-state index is -0.173. The smallest absolute Gasteiger partial charge is 0.251 e. The highest BCUT2D eigenvalue weighted by Gasteiger charge is 2.14. The zero-order valence-electron chi connectivity index (χ0n) is 15.0. The Morgan fingerprint density at radius 3 is 2.42 bits per heavy atom. The third-order valence-corrected chi connectivity index (χ3v) is 4.15. The van der Waals surface area contributed by atoms with Crippen molar-refractivity contribution in [2.45, 2.75) is 13.0 Å². The lowest BCUT2D eigenvalue weighted by atomic mass is 10.1. The fourth-order valence-corrected chi connectivity index (χ4v) is 2.67. The molecule has 0 fully saturated rings. The maximum absolute atomic E-state index is 12.5. The zero-order valence-corrected chi connectivity index (χ0v) is 15.0. The summed E-state index contributed by atoms with van der Waals surface area (Å²) in [6.07, 6.45) is 3.57. The third kappa shape index (κ3) is 3.69. The zero-order chi connectivity index (χ0) is 18.5. The molecule has 134 valence electrons. The van der Waals surface area contributed by atoms with E-state index in [9.17, 15) is 4.79 Å². The van der Waals surface area contributed by atoms with Gasteiger partial charge in [-0.25, -0.2) is 4.68 Å². The average Bonchev–Trinajstić information content (AvgIpc) is 3.22. The second-order valence-electron chi connectivity index (χ2n) is 5.81. The van der Waals surface area contributed by atoms with Gasteiger partial charge in [-0.3, -0.25) is 4.79 Å². The van der Waals surface area contributed by atoms with Crippen molar-refractivity contribution in [1.82, 2.24) is 15.1 Å². The molecule has 0 aliphatic heterocycles. The molecule has 1 N–H and O–H groups in total. The molecule has 3 aromatic rings. The maximum atomic E-state index is 12.5. The number of benzene rings is 2. The van der Waals surface area contributed by atoms with Crippen LogP contribution in [0.4, 0.5) is 0 Å². The fourth-order valence-electron chi connectivity index (χ4n) is 2.67. The van der Waals surface area contributed by atoms with Crippen molar-refractivity contribution in [3.05, 3.63) is 72.1 Å². The van der Waals surface area contributed by atoms with Crippen LogP contribution < -0.4 is 14.8 Å². The quantitative estimate of drug-likeness (QED) is 0.739. The molecule has 1 unspecified atom stereocenters. The van der Waals surface area contributed by atoms with Gasteiger partial charge in [-0.2, -0.15) is 5.10 Å². The SMILES string of the molecule is COc1ccc(C(C)NC(=O)c2ccc(-n3cccn3)cc2)cc1OC. The molecule has 1 atom stereocenters. The molecule has 26 heavy (non-hydrogen) atoms. The van der Waals surface area contributed by atoms with Crippen LogP contribution in [-0.4, -0.2) is 29.9 Å². The minimum absolute atomic E-state index is 0.140. The van der Waals surface area contributed by atoms with Gasteiger partial charge in [0.2, 0.25) is 0 Å². The third-order valence-electron chi connectivity index (χ3n) is 4.15. The van der Waals surface area contributed by atoms with Crippen LogP contribution in [0.1, 0.15) is 28.9 Å². The van der Waals surface area contributed by atoms with Crippen LogP contribution in [0.15, 0.2) is 60.9 Å². The van der Waals surface area contributed by atoms with Crippen LogP contribution in [0.5, 0.6) is 11.5 Å². The average molecular weight is 351 g/mol. The molecule has 6 nitrogen and oxygen atoms in total. The molecule has 6 heteroatoms. The molecule has 1 aromatic heterocycles. The van der Waals surface area contributed by atoms with E-state index in [0.29, 0.717) is 17.1 Å². The van der Waals surface area contributed by atoms with Crippen molar-refractivity contribution in [1.29, 1.82) is 0 Å². The van der Waals surface area contributed by atoms with Gasteiger partial charge in [0.05, 0.1) is 25.9 Å². The normalized spacial score (nSPS) is 11.7. The highest BCUT2D eigenvalue weighted by atomic mass is 16.5. The maximum Gasteiger partial charge on any atom is 0.251 e. The second-order valence-corrected chi connectivity index (χ2v) is 5.81. The molecule has 0 radical (unpaired) electrons. The van der Waals surface area contributed by atoms with Crippen molar-refractivity contribution in [2.75, 3.05) is 14.2 Å². The van der Waals surface area contributed by atoms with Gasteiger partial charge in [-0.15, -0.1) is 0 Å². The van der Waals surface area contributed by atoms with Crippen LogP contribution in [0.2, 0.25) is 0 Å². The van der Waals surface area contributed by atoms with E-state index in [4.69, 9.17) is 9.47 Å². The monoisotopic (exact) mass is 351 g/mol. The van der Waals surface area contributed by atoms with Crippen LogP contribution in [-0.2, 0) is 0 Å². The Morgan fingerprint density at radius 2 is 1.81 bits per heavy atom. The number of hydrogen-bond acceptors (Lipinski definition) is 4. The summed E-state index contributed by atoms with van der Waals surface area (Å²) < 4.78 is 12.3. The summed E-state index contributed by atoms with van der Waals surface area (Å²) in [4.78, 5) is 12.5. The van der Waals surface area contributed by atoms with E-state index >= 15 is 0 Å². The molecule has 3 rings (SSSR count). The largest absolute Gasteiger partial charge is 0.493 e. The van der Waals surface area contributed by atoms with Gasteiger partial charge in [0, 0.05) is 18.0 Å². The number of ether oxygens (including phenoxy) is 2. The standard InChI is InChI=1S/C20H21N3O3/c1-14(16-7-10-18(25-2)19(13-16)26-3)22-20(24)15-5-8-17(9-6-15)23-12-4-11-21-23/h4-14H,1-3H3,(H,22,24). The molecule has 0 saturated carbocycles. The summed E-state index contributed by atoms with van der Waals surface area (Å²) in [5.41, 5.74) is 2.43. The number of nitrogens with zero attached hydrogens (tertiary/aromatic N) is 2. The number of aromatic nitrogens is 2. The molecule has 0 aliphatic carbocycles. The van der Waals surface area contributed by atoms with E-state index in [-0.39, 0.29) is 11.9 Å². The molecule has 0 saturated heterocycles. The number of rotatable bonds is 6. The first-order valence-electron chi connectivity index (χ1n) is 8.25. The van der Waals surface area contributed by atoms with Crippen LogP contribution >= 0.6 is 0 Å². The Kier molecular flexibility index (Phi) is 5.22. The first-order chi connectivity index (χ1) is 12.6. The first kappa shape index (κ1) is 17.5. The van der Waals surface area contributed by atoms with E-state index in [1.54, 1.807) is 37.2 Å². The Bertz CT molecular complexity index is 874. The van der Waals surface area contributed by atoms with Crippen molar-refractivity contribution < 1.29 is 14.3 Å². The number of carbonyl (C=O) groups is 1. The summed E-state index contributed by atoms with van der Waals surface area (Å²) in [6, 6.07) is 14.6. The summed E-state index contributed by atoms with van der Waals surface area (Å²) in [5.74, 6) is 1.15. The Hall–Kier alpha value is -3.28. The van der Waals surface area contributed by atoms with Gasteiger partial charge in [-0.05, 0) is 55.0 Å². The molecule has 1 amide bonds. The van der Waals surface area contributed by atoms with Crippen LogP contribution in [0.25, 0.3) is 5.69 Å². The van der Waals surface area contributed by atoms with Crippen LogP contribution in [0, 0.1) is 0 Å². The Morgan fingerprint density at radius 1 is 1.08 bits per heavy atom. The van der Waals surface area contributed by atoms with Crippen molar-refractivity contribution >= 4 is 5.91 Å². The lowest BCUT2D eigenvalue weighted by molar-refractivity contribution is 0.0940. The number of carbonyl (C=O) groups excluding carboxylic acids is 1. The van der Waals surface area contributed by atoms with Gasteiger partial charge in [-0.1, -0.05) is 6.07 Å². The topological polar surface area (TPSA) is 65.4 Å².